The molecule has 3 rings (SSSR count). The Hall–Kier alpha value is -2.30. The van der Waals surface area contributed by atoms with E-state index in [4.69, 9.17) is 0 Å². The van der Waals surface area contributed by atoms with Crippen LogP contribution < -0.4 is 10.9 Å². The van der Waals surface area contributed by atoms with Crippen molar-refractivity contribution in [3.63, 3.8) is 0 Å². The van der Waals surface area contributed by atoms with Gasteiger partial charge in [0.1, 0.15) is 5.82 Å². The lowest BCUT2D eigenvalue weighted by molar-refractivity contribution is 0.0844. The molecule has 0 radical (unpaired) electrons. The minimum atomic E-state index is -3.83. The summed E-state index contributed by atoms with van der Waals surface area (Å²) in [7, 11) is -2.38. The van der Waals surface area contributed by atoms with Crippen LogP contribution in [-0.2, 0) is 10.0 Å². The lowest BCUT2D eigenvalue weighted by Gasteiger charge is -2.17. The standard InChI is InChI=1S/C17H18FN3O4S2/c1-21(9-11-2-3-11)27(24,25)13-4-5-15(18)14(8-13)17(23)20-19-16(22)12-6-7-26-10-12/h4-8,10-11H,2-3,9H2,1H3,(H,19,22)(H,20,23). The third-order valence-corrected chi connectivity index (χ3v) is 6.68. The number of thiophene rings is 1. The van der Waals surface area contributed by atoms with Gasteiger partial charge in [0, 0.05) is 19.0 Å². The number of nitrogens with one attached hydrogen (secondary N) is 2. The van der Waals surface area contributed by atoms with Gasteiger partial charge < -0.3 is 0 Å². The fourth-order valence-corrected chi connectivity index (χ4v) is 4.34. The molecular formula is C17H18FN3O4S2. The van der Waals surface area contributed by atoms with Gasteiger partial charge >= 0.3 is 0 Å². The topological polar surface area (TPSA) is 95.6 Å². The van der Waals surface area contributed by atoms with Gasteiger partial charge in [-0.1, -0.05) is 0 Å². The zero-order valence-electron chi connectivity index (χ0n) is 14.4. The molecule has 1 aliphatic carbocycles. The molecule has 0 spiro atoms. The second kappa shape index (κ2) is 7.75. The lowest BCUT2D eigenvalue weighted by atomic mass is 10.2. The molecular weight excluding hydrogens is 393 g/mol. The van der Waals surface area contributed by atoms with Gasteiger partial charge in [0.05, 0.1) is 16.0 Å². The van der Waals surface area contributed by atoms with Crippen LogP contribution in [0.1, 0.15) is 33.6 Å². The van der Waals surface area contributed by atoms with Gasteiger partial charge in [-0.15, -0.1) is 0 Å². The summed E-state index contributed by atoms with van der Waals surface area (Å²) in [5.74, 6) is -2.04. The number of hydrogen-bond donors (Lipinski definition) is 2. The van der Waals surface area contributed by atoms with E-state index in [1.165, 1.54) is 22.7 Å². The van der Waals surface area contributed by atoms with E-state index in [1.807, 2.05) is 0 Å². The van der Waals surface area contributed by atoms with Gasteiger partial charge in [0.25, 0.3) is 11.8 Å². The molecule has 1 heterocycles. The monoisotopic (exact) mass is 411 g/mol. The van der Waals surface area contributed by atoms with Crippen LogP contribution >= 0.6 is 11.3 Å². The Bertz CT molecular complexity index is 957. The summed E-state index contributed by atoms with van der Waals surface area (Å²) in [5, 5.41) is 3.29. The van der Waals surface area contributed by atoms with Crippen molar-refractivity contribution in [2.45, 2.75) is 17.7 Å². The number of halogens is 1. The van der Waals surface area contributed by atoms with Crippen molar-refractivity contribution in [3.8, 4) is 0 Å². The Labute approximate surface area is 160 Å². The van der Waals surface area contributed by atoms with Gasteiger partial charge in [0.2, 0.25) is 10.0 Å². The number of rotatable bonds is 6. The molecule has 0 aliphatic heterocycles. The average Bonchev–Trinajstić information content (AvgIpc) is 3.28. The number of benzene rings is 1. The Morgan fingerprint density at radius 2 is 1.93 bits per heavy atom. The Morgan fingerprint density at radius 1 is 1.22 bits per heavy atom. The Morgan fingerprint density at radius 3 is 2.56 bits per heavy atom. The van der Waals surface area contributed by atoms with E-state index in [9.17, 15) is 22.4 Å². The number of sulfonamides is 1. The van der Waals surface area contributed by atoms with E-state index in [0.717, 1.165) is 31.0 Å². The summed E-state index contributed by atoms with van der Waals surface area (Å²) < 4.78 is 40.5. The first-order valence-electron chi connectivity index (χ1n) is 8.18. The average molecular weight is 411 g/mol. The fourth-order valence-electron chi connectivity index (χ4n) is 2.43. The van der Waals surface area contributed by atoms with E-state index in [2.05, 4.69) is 10.9 Å². The van der Waals surface area contributed by atoms with Crippen LogP contribution in [0.3, 0.4) is 0 Å². The number of hydrogen-bond acceptors (Lipinski definition) is 5. The van der Waals surface area contributed by atoms with Crippen LogP contribution in [0, 0.1) is 11.7 Å². The molecule has 144 valence electrons. The van der Waals surface area contributed by atoms with E-state index in [0.29, 0.717) is 18.0 Å². The van der Waals surface area contributed by atoms with Crippen LogP contribution in [0.2, 0.25) is 0 Å². The first kappa shape index (κ1) is 19.5. The van der Waals surface area contributed by atoms with Crippen LogP contribution in [0.15, 0.2) is 39.9 Å². The van der Waals surface area contributed by atoms with Crippen LogP contribution in [0.4, 0.5) is 4.39 Å². The lowest BCUT2D eigenvalue weighted by Crippen LogP contribution is -2.42. The van der Waals surface area contributed by atoms with Gasteiger partial charge in [0.15, 0.2) is 0 Å². The number of hydrazine groups is 1. The molecule has 7 nitrogen and oxygen atoms in total. The smallest absolute Gasteiger partial charge is 0.267 e. The number of amides is 2. The third-order valence-electron chi connectivity index (χ3n) is 4.18. The highest BCUT2D eigenvalue weighted by atomic mass is 32.2. The van der Waals surface area contributed by atoms with Crippen molar-refractivity contribution in [2.24, 2.45) is 5.92 Å². The predicted molar refractivity (Wildman–Crippen MR) is 98.2 cm³/mol. The molecule has 1 fully saturated rings. The highest BCUT2D eigenvalue weighted by molar-refractivity contribution is 7.89. The molecule has 2 aromatic rings. The summed E-state index contributed by atoms with van der Waals surface area (Å²) >= 11 is 1.31. The zero-order chi connectivity index (χ0) is 19.6. The van der Waals surface area contributed by atoms with Gasteiger partial charge in [-0.3, -0.25) is 20.4 Å². The highest BCUT2D eigenvalue weighted by Crippen LogP contribution is 2.31. The molecule has 2 amide bonds. The summed E-state index contributed by atoms with van der Waals surface area (Å²) in [6, 6.07) is 4.58. The van der Waals surface area contributed by atoms with Crippen LogP contribution in [0.25, 0.3) is 0 Å². The minimum absolute atomic E-state index is 0.179. The zero-order valence-corrected chi connectivity index (χ0v) is 16.1. The molecule has 2 N–H and O–H groups in total. The normalized spacial score (nSPS) is 14.2. The summed E-state index contributed by atoms with van der Waals surface area (Å²) in [6.07, 6.45) is 1.97. The van der Waals surface area contributed by atoms with E-state index in [-0.39, 0.29) is 4.90 Å². The van der Waals surface area contributed by atoms with Crippen molar-refractivity contribution in [3.05, 3.63) is 52.0 Å². The maximum Gasteiger partial charge on any atom is 0.272 e. The molecule has 10 heteroatoms. The second-order valence-electron chi connectivity index (χ2n) is 6.29. The van der Waals surface area contributed by atoms with Crippen LogP contribution in [-0.4, -0.2) is 38.1 Å². The van der Waals surface area contributed by atoms with E-state index < -0.39 is 33.2 Å². The molecule has 1 aromatic heterocycles. The molecule has 27 heavy (non-hydrogen) atoms. The quantitative estimate of drug-likeness (QED) is 0.711. The highest BCUT2D eigenvalue weighted by Gasteiger charge is 2.30. The fraction of sp³-hybridized carbons (Fsp3) is 0.294. The Kier molecular flexibility index (Phi) is 5.59. The van der Waals surface area contributed by atoms with Gasteiger partial charge in [-0.05, 0) is 48.4 Å². The van der Waals surface area contributed by atoms with Gasteiger partial charge in [-0.2, -0.15) is 11.3 Å². The Balaban J connectivity index is 1.74. The van der Waals surface area contributed by atoms with Gasteiger partial charge in [-0.25, -0.2) is 17.1 Å². The predicted octanol–water partition coefficient (Wildman–Crippen LogP) is 1.99. The van der Waals surface area contributed by atoms with Crippen molar-refractivity contribution < 1.29 is 22.4 Å². The number of carbonyl (C=O) groups excluding carboxylic acids is 2. The van der Waals surface area contributed by atoms with Crippen molar-refractivity contribution >= 4 is 33.2 Å². The van der Waals surface area contributed by atoms with Crippen molar-refractivity contribution in [1.82, 2.24) is 15.2 Å². The number of nitrogens with zero attached hydrogens (tertiary/aromatic N) is 1. The van der Waals surface area contributed by atoms with Crippen molar-refractivity contribution in [2.75, 3.05) is 13.6 Å². The number of carbonyl (C=O) groups is 2. The molecule has 0 unspecified atom stereocenters. The molecule has 1 aromatic carbocycles. The summed E-state index contributed by atoms with van der Waals surface area (Å²) in [6.45, 7) is 0.387. The summed E-state index contributed by atoms with van der Waals surface area (Å²) in [5.41, 5.74) is 4.14. The SMILES string of the molecule is CN(CC1CC1)S(=O)(=O)c1ccc(F)c(C(=O)NNC(=O)c2ccsc2)c1. The largest absolute Gasteiger partial charge is 0.272 e. The summed E-state index contributed by atoms with van der Waals surface area (Å²) in [4.78, 5) is 23.9. The molecule has 0 atom stereocenters. The second-order valence-corrected chi connectivity index (χ2v) is 9.12. The molecule has 1 saturated carbocycles. The first-order valence-corrected chi connectivity index (χ1v) is 10.6. The minimum Gasteiger partial charge on any atom is -0.267 e. The molecule has 1 aliphatic rings. The molecule has 0 bridgehead atoms. The van der Waals surface area contributed by atoms with Crippen LogP contribution in [0.5, 0.6) is 0 Å². The molecule has 0 saturated heterocycles. The maximum atomic E-state index is 14.0. The first-order chi connectivity index (χ1) is 12.8. The van der Waals surface area contributed by atoms with E-state index >= 15 is 0 Å². The third kappa shape index (κ3) is 4.52. The van der Waals surface area contributed by atoms with Crippen molar-refractivity contribution in [1.29, 1.82) is 0 Å². The van der Waals surface area contributed by atoms with E-state index in [1.54, 1.807) is 16.8 Å². The maximum absolute atomic E-state index is 14.0.